The molecule has 0 bridgehead atoms. The Kier molecular flexibility index (Phi) is 4.56. The zero-order valence-corrected chi connectivity index (χ0v) is 11.2. The van der Waals surface area contributed by atoms with Crippen LogP contribution in [0.4, 0.5) is 0 Å². The van der Waals surface area contributed by atoms with Gasteiger partial charge >= 0.3 is 5.97 Å². The first-order valence-electron chi connectivity index (χ1n) is 6.13. The minimum absolute atomic E-state index is 0.0624. The molecule has 0 aliphatic rings. The second kappa shape index (κ2) is 6.38. The molecule has 1 atom stereocenters. The molecule has 21 heavy (non-hydrogen) atoms. The number of benzene rings is 1. The van der Waals surface area contributed by atoms with E-state index in [1.807, 2.05) is 0 Å². The summed E-state index contributed by atoms with van der Waals surface area (Å²) in [5, 5.41) is 18.5. The van der Waals surface area contributed by atoms with Crippen molar-refractivity contribution in [1.29, 1.82) is 0 Å². The van der Waals surface area contributed by atoms with Crippen molar-refractivity contribution >= 4 is 16.9 Å². The number of rotatable bonds is 6. The lowest BCUT2D eigenvalue weighted by Crippen LogP contribution is -2.23. The van der Waals surface area contributed by atoms with E-state index in [0.717, 1.165) is 6.07 Å². The number of aliphatic hydroxyl groups excluding tert-OH is 1. The minimum Gasteiger partial charge on any atom is -0.490 e. The van der Waals surface area contributed by atoms with Crippen LogP contribution in [0.25, 0.3) is 11.0 Å². The molecule has 1 heterocycles. The van der Waals surface area contributed by atoms with Crippen molar-refractivity contribution in [3.05, 3.63) is 40.2 Å². The molecule has 0 amide bonds. The van der Waals surface area contributed by atoms with Crippen LogP contribution in [0.3, 0.4) is 0 Å². The third-order valence-corrected chi connectivity index (χ3v) is 2.72. The molecule has 2 rings (SSSR count). The first-order chi connectivity index (χ1) is 10.0. The van der Waals surface area contributed by atoms with Gasteiger partial charge in [-0.15, -0.1) is 0 Å². The van der Waals surface area contributed by atoms with Crippen LogP contribution in [0.2, 0.25) is 0 Å². The summed E-state index contributed by atoms with van der Waals surface area (Å²) in [7, 11) is 1.45. The van der Waals surface area contributed by atoms with Gasteiger partial charge in [0.1, 0.15) is 29.4 Å². The maximum absolute atomic E-state index is 12.0. The molecule has 7 nitrogen and oxygen atoms in total. The lowest BCUT2D eigenvalue weighted by atomic mass is 10.2. The summed E-state index contributed by atoms with van der Waals surface area (Å²) in [4.78, 5) is 22.9. The Morgan fingerprint density at radius 1 is 1.38 bits per heavy atom. The summed E-state index contributed by atoms with van der Waals surface area (Å²) in [5.41, 5.74) is -0.413. The summed E-state index contributed by atoms with van der Waals surface area (Å²) in [6.07, 6.45) is -0.837. The molecule has 0 aliphatic carbocycles. The van der Waals surface area contributed by atoms with Gasteiger partial charge in [-0.1, -0.05) is 6.07 Å². The number of aliphatic hydroxyl groups is 1. The highest BCUT2D eigenvalue weighted by Crippen LogP contribution is 2.23. The van der Waals surface area contributed by atoms with Gasteiger partial charge in [-0.25, -0.2) is 4.79 Å². The lowest BCUT2D eigenvalue weighted by molar-refractivity contribution is 0.0329. The number of hydrogen-bond donors (Lipinski definition) is 2. The van der Waals surface area contributed by atoms with Crippen LogP contribution >= 0.6 is 0 Å². The van der Waals surface area contributed by atoms with Crippen molar-refractivity contribution in [1.82, 2.24) is 0 Å². The van der Waals surface area contributed by atoms with Crippen molar-refractivity contribution in [2.45, 2.75) is 6.10 Å². The van der Waals surface area contributed by atoms with Gasteiger partial charge < -0.3 is 24.1 Å². The number of carboxylic acids is 1. The Morgan fingerprint density at radius 3 is 2.81 bits per heavy atom. The van der Waals surface area contributed by atoms with Crippen LogP contribution in [0, 0.1) is 0 Å². The number of methoxy groups -OCH3 is 1. The molecule has 2 N–H and O–H groups in total. The average molecular weight is 294 g/mol. The largest absolute Gasteiger partial charge is 0.490 e. The first kappa shape index (κ1) is 15.0. The molecule has 0 saturated heterocycles. The highest BCUT2D eigenvalue weighted by atomic mass is 16.5. The number of fused-ring (bicyclic) bond motifs is 1. The zero-order valence-electron chi connectivity index (χ0n) is 11.2. The second-order valence-corrected chi connectivity index (χ2v) is 4.33. The van der Waals surface area contributed by atoms with Gasteiger partial charge in [0.2, 0.25) is 5.76 Å². The fourth-order valence-electron chi connectivity index (χ4n) is 1.83. The SMILES string of the molecule is COCC(O)COc1cccc2oc(C(=O)O)cc(=O)c12. The van der Waals surface area contributed by atoms with Crippen LogP contribution in [0.5, 0.6) is 5.75 Å². The molecule has 1 aromatic heterocycles. The van der Waals surface area contributed by atoms with E-state index in [9.17, 15) is 14.7 Å². The van der Waals surface area contributed by atoms with Crippen molar-refractivity contribution in [3.63, 3.8) is 0 Å². The Hall–Kier alpha value is -2.38. The van der Waals surface area contributed by atoms with Gasteiger partial charge in [0.25, 0.3) is 0 Å². The number of carbonyl (C=O) groups is 1. The van der Waals surface area contributed by atoms with Crippen molar-refractivity contribution < 1.29 is 28.9 Å². The summed E-state index contributed by atoms with van der Waals surface area (Å²) in [5.74, 6) is -1.55. The third kappa shape index (κ3) is 3.39. The van der Waals surface area contributed by atoms with E-state index in [2.05, 4.69) is 0 Å². The van der Waals surface area contributed by atoms with Crippen LogP contribution in [-0.2, 0) is 4.74 Å². The average Bonchev–Trinajstić information content (AvgIpc) is 2.44. The quantitative estimate of drug-likeness (QED) is 0.814. The molecule has 0 saturated carbocycles. The molecular formula is C14H14O7. The van der Waals surface area contributed by atoms with E-state index in [1.165, 1.54) is 13.2 Å². The maximum Gasteiger partial charge on any atom is 0.371 e. The molecule has 0 fully saturated rings. The van der Waals surface area contributed by atoms with Crippen molar-refractivity contribution in [2.75, 3.05) is 20.3 Å². The summed E-state index contributed by atoms with van der Waals surface area (Å²) >= 11 is 0. The summed E-state index contributed by atoms with van der Waals surface area (Å²) in [6.45, 7) is 0.0373. The molecule has 2 aromatic rings. The second-order valence-electron chi connectivity index (χ2n) is 4.33. The fourth-order valence-corrected chi connectivity index (χ4v) is 1.83. The minimum atomic E-state index is -1.32. The molecule has 1 aromatic carbocycles. The number of hydrogen-bond acceptors (Lipinski definition) is 6. The molecular weight excluding hydrogens is 280 g/mol. The lowest BCUT2D eigenvalue weighted by Gasteiger charge is -2.12. The molecule has 7 heteroatoms. The number of ether oxygens (including phenoxy) is 2. The van der Waals surface area contributed by atoms with Crippen LogP contribution in [0.15, 0.2) is 33.5 Å². The van der Waals surface area contributed by atoms with E-state index in [-0.39, 0.29) is 29.9 Å². The summed E-state index contributed by atoms with van der Waals surface area (Å²) in [6, 6.07) is 5.47. The monoisotopic (exact) mass is 294 g/mol. The first-order valence-corrected chi connectivity index (χ1v) is 6.13. The van der Waals surface area contributed by atoms with Gasteiger partial charge in [-0.05, 0) is 12.1 Å². The fraction of sp³-hybridized carbons (Fsp3) is 0.286. The zero-order chi connectivity index (χ0) is 15.4. The van der Waals surface area contributed by atoms with Crippen molar-refractivity contribution in [3.8, 4) is 5.75 Å². The Balaban J connectivity index is 2.37. The van der Waals surface area contributed by atoms with E-state index in [0.29, 0.717) is 0 Å². The molecule has 1 unspecified atom stereocenters. The normalized spacial score (nSPS) is 12.3. The summed E-state index contributed by atoms with van der Waals surface area (Å²) < 4.78 is 15.3. The van der Waals surface area contributed by atoms with Crippen LogP contribution in [0.1, 0.15) is 10.6 Å². The molecule has 0 spiro atoms. The van der Waals surface area contributed by atoms with Gasteiger partial charge in [0, 0.05) is 13.2 Å². The maximum atomic E-state index is 12.0. The predicted octanol–water partition coefficient (Wildman–Crippen LogP) is 0.877. The van der Waals surface area contributed by atoms with Gasteiger partial charge in [0.05, 0.1) is 6.61 Å². The van der Waals surface area contributed by atoms with Crippen LogP contribution < -0.4 is 10.2 Å². The highest BCUT2D eigenvalue weighted by Gasteiger charge is 2.14. The Bertz CT molecular complexity index is 704. The Labute approximate surface area is 119 Å². The smallest absolute Gasteiger partial charge is 0.371 e. The Morgan fingerprint density at radius 2 is 2.14 bits per heavy atom. The third-order valence-electron chi connectivity index (χ3n) is 2.72. The topological polar surface area (TPSA) is 106 Å². The van der Waals surface area contributed by atoms with Gasteiger partial charge in [0.15, 0.2) is 5.43 Å². The van der Waals surface area contributed by atoms with Crippen molar-refractivity contribution in [2.24, 2.45) is 0 Å². The standard InChI is InChI=1S/C14H14O7/c1-19-6-8(15)7-20-10-3-2-4-11-13(10)9(16)5-12(21-11)14(17)18/h2-5,8,15H,6-7H2,1H3,(H,17,18). The highest BCUT2D eigenvalue weighted by molar-refractivity contribution is 5.89. The van der Waals surface area contributed by atoms with E-state index < -0.39 is 23.3 Å². The molecule has 0 aliphatic heterocycles. The van der Waals surface area contributed by atoms with E-state index >= 15 is 0 Å². The van der Waals surface area contributed by atoms with Gasteiger partial charge in [-0.2, -0.15) is 0 Å². The van der Waals surface area contributed by atoms with E-state index in [1.54, 1.807) is 12.1 Å². The van der Waals surface area contributed by atoms with Gasteiger partial charge in [-0.3, -0.25) is 4.79 Å². The molecule has 112 valence electrons. The number of aromatic carboxylic acids is 1. The van der Waals surface area contributed by atoms with Crippen LogP contribution in [-0.4, -0.2) is 42.6 Å². The predicted molar refractivity (Wildman–Crippen MR) is 72.8 cm³/mol. The van der Waals surface area contributed by atoms with E-state index in [4.69, 9.17) is 19.0 Å². The number of carboxylic acid groups (broad SMARTS) is 1. The molecule has 0 radical (unpaired) electrons.